The Morgan fingerprint density at radius 3 is 0.421 bits per heavy atom. The van der Waals surface area contributed by atoms with Crippen molar-refractivity contribution < 1.29 is 37.4 Å². The third-order valence-corrected chi connectivity index (χ3v) is 0. The molecule has 0 saturated carbocycles. The topological polar surface area (TPSA) is 338 Å². The molecule has 0 fully saturated rings. The van der Waals surface area contributed by atoms with Crippen LogP contribution in [0.1, 0.15) is 0 Å². The summed E-state index contributed by atoms with van der Waals surface area (Å²) in [6, 6.07) is 0. The molecule has 0 heterocycles. The van der Waals surface area contributed by atoms with Gasteiger partial charge >= 0.3 is 17.1 Å². The van der Waals surface area contributed by atoms with Gasteiger partial charge in [0.25, 0.3) is 0 Å². The molecule has 0 aromatic heterocycles. The van der Waals surface area contributed by atoms with Crippen LogP contribution in [0.15, 0.2) is 0 Å². The maximum Gasteiger partial charge on any atom is 2.00 e. The number of rotatable bonds is 0. The molecule has 0 atom stereocenters. The molecule has 0 saturated heterocycles. The van der Waals surface area contributed by atoms with Gasteiger partial charge in [0.05, 0.1) is 20.3 Å². The number of nitrogens with zero attached hydrogens (tertiary/aromatic N) is 4. The molecule has 19 heteroatoms. The monoisotopic (exact) mass is 347 g/mol. The second-order valence-electron chi connectivity index (χ2n) is 0.894. The summed E-state index contributed by atoms with van der Waals surface area (Å²) in [5.41, 5.74) is 0. The normalized spacial score (nSPS) is 5.05. The fraction of sp³-hybridized carbons (Fsp3) is 0. The van der Waals surface area contributed by atoms with Crippen LogP contribution in [-0.4, -0.2) is 20.3 Å². The van der Waals surface area contributed by atoms with E-state index in [-0.39, 0.29) is 29.4 Å². The molecule has 0 aromatic carbocycles. The average molecular weight is 348 g/mol. The van der Waals surface area contributed by atoms with Crippen LogP contribution < -0.4 is 12.3 Å². The van der Waals surface area contributed by atoms with Crippen LogP contribution in [0.25, 0.3) is 0 Å². The van der Waals surface area contributed by atoms with Gasteiger partial charge in [-0.1, -0.05) is 0 Å². The van der Waals surface area contributed by atoms with Crippen LogP contribution in [-0.2, 0) is 17.1 Å². The van der Waals surface area contributed by atoms with Crippen molar-refractivity contribution in [3.05, 3.63) is 61.3 Å². The molecule has 0 aliphatic heterocycles. The van der Waals surface area contributed by atoms with E-state index >= 15 is 0 Å². The number of quaternary nitrogens is 2. The predicted molar refractivity (Wildman–Crippen MR) is 53.4 cm³/mol. The first-order chi connectivity index (χ1) is 6.93. The smallest absolute Gasteiger partial charge is 0.369 e. The predicted octanol–water partition coefficient (Wildman–Crippen LogP) is -0.207. The summed E-state index contributed by atoms with van der Waals surface area (Å²) in [4.78, 5) is 33.0. The van der Waals surface area contributed by atoms with Crippen LogP contribution in [0.5, 0.6) is 0 Å². The van der Waals surface area contributed by atoms with Crippen molar-refractivity contribution in [1.29, 1.82) is 0 Å². The average Bonchev–Trinajstić information content (AvgIpc) is 1.76. The van der Waals surface area contributed by atoms with Gasteiger partial charge in [-0.25, -0.2) is 0 Å². The molecule has 0 spiro atoms. The molecule has 0 aliphatic carbocycles. The van der Waals surface area contributed by atoms with Crippen LogP contribution in [0.2, 0.25) is 0 Å². The van der Waals surface area contributed by atoms with Gasteiger partial charge < -0.3 is 73.6 Å². The molecule has 0 bridgehead atoms. The number of hydrogen-bond donors (Lipinski definition) is 2. The van der Waals surface area contributed by atoms with E-state index in [0.29, 0.717) is 0 Å². The minimum absolute atomic E-state index is 0. The first-order valence-electron chi connectivity index (χ1n) is 2.19. The molecule has 0 amide bonds. The standard InChI is InChI=1S/Cu.4NO3.2H3N/c;4*2-1(3)4;;/h;;;;;2*1H3/q+2;4*-1;;/p+2. The van der Waals surface area contributed by atoms with E-state index in [0.717, 1.165) is 0 Å². The van der Waals surface area contributed by atoms with Gasteiger partial charge in [-0.2, -0.15) is 0 Å². The quantitative estimate of drug-likeness (QED) is 0.326. The Bertz CT molecular complexity index is 162. The van der Waals surface area contributed by atoms with Gasteiger partial charge in [0, 0.05) is 0 Å². The van der Waals surface area contributed by atoms with Crippen molar-refractivity contribution in [3.63, 3.8) is 0 Å². The summed E-state index contributed by atoms with van der Waals surface area (Å²) >= 11 is 0. The molecule has 0 aromatic rings. The van der Waals surface area contributed by atoms with Crippen LogP contribution in [0.4, 0.5) is 0 Å². The van der Waals surface area contributed by atoms with Crippen molar-refractivity contribution >= 4 is 0 Å². The van der Waals surface area contributed by atoms with E-state index in [1.807, 2.05) is 0 Å². The van der Waals surface area contributed by atoms with E-state index in [2.05, 4.69) is 0 Å². The largest absolute Gasteiger partial charge is 2.00 e. The molecular formula is H8CuN6O12. The minimum Gasteiger partial charge on any atom is -0.369 e. The van der Waals surface area contributed by atoms with Gasteiger partial charge in [-0.05, 0) is 0 Å². The fourth-order valence-electron chi connectivity index (χ4n) is 0. The SMILES string of the molecule is O=[N+]([O-])[O-].O=[N+]([O-])[O-].O=[N+]([O-])[O-].O=[N+]([O-])[O-].[Cu+2].[NH4+].[NH4+]. The van der Waals surface area contributed by atoms with Gasteiger partial charge in [0.1, 0.15) is 0 Å². The van der Waals surface area contributed by atoms with Crippen molar-refractivity contribution in [2.24, 2.45) is 0 Å². The summed E-state index contributed by atoms with van der Waals surface area (Å²) < 4.78 is 0. The zero-order valence-electron chi connectivity index (χ0n) is 8.99. The van der Waals surface area contributed by atoms with E-state index in [1.165, 1.54) is 0 Å². The molecule has 121 valence electrons. The maximum atomic E-state index is 8.25. The summed E-state index contributed by atoms with van der Waals surface area (Å²) in [5.74, 6) is 0. The zero-order chi connectivity index (χ0) is 14.3. The fourth-order valence-corrected chi connectivity index (χ4v) is 0. The van der Waals surface area contributed by atoms with Crippen LogP contribution in [0.3, 0.4) is 0 Å². The van der Waals surface area contributed by atoms with Gasteiger partial charge in [-0.15, -0.1) is 0 Å². The van der Waals surface area contributed by atoms with Crippen LogP contribution in [0, 0.1) is 61.3 Å². The first kappa shape index (κ1) is 44.2. The zero-order valence-corrected chi connectivity index (χ0v) is 9.93. The maximum absolute atomic E-state index is 8.25. The summed E-state index contributed by atoms with van der Waals surface area (Å²) in [5, 5.41) is 59.0. The Kier molecular flexibility index (Phi) is 84.2. The van der Waals surface area contributed by atoms with Crippen molar-refractivity contribution in [1.82, 2.24) is 12.3 Å². The van der Waals surface area contributed by atoms with Gasteiger partial charge in [-0.3, -0.25) is 0 Å². The third kappa shape index (κ3) is 351. The van der Waals surface area contributed by atoms with Crippen LogP contribution >= 0.6 is 0 Å². The molecule has 8 N–H and O–H groups in total. The van der Waals surface area contributed by atoms with Crippen molar-refractivity contribution in [3.8, 4) is 0 Å². The van der Waals surface area contributed by atoms with E-state index < -0.39 is 20.3 Å². The number of hydrogen-bond acceptors (Lipinski definition) is 12. The molecule has 1 radical (unpaired) electrons. The van der Waals surface area contributed by atoms with E-state index in [4.69, 9.17) is 61.3 Å². The molecule has 0 rings (SSSR count). The summed E-state index contributed by atoms with van der Waals surface area (Å²) in [6.45, 7) is 0. The summed E-state index contributed by atoms with van der Waals surface area (Å²) in [6.07, 6.45) is 0. The molecule has 18 nitrogen and oxygen atoms in total. The molecular weight excluding hydrogens is 340 g/mol. The Labute approximate surface area is 112 Å². The van der Waals surface area contributed by atoms with E-state index in [9.17, 15) is 0 Å². The van der Waals surface area contributed by atoms with Crippen molar-refractivity contribution in [2.45, 2.75) is 0 Å². The van der Waals surface area contributed by atoms with Gasteiger partial charge in [0.2, 0.25) is 0 Å². The molecule has 19 heavy (non-hydrogen) atoms. The van der Waals surface area contributed by atoms with Gasteiger partial charge in [0.15, 0.2) is 0 Å². The second kappa shape index (κ2) is 36.2. The third-order valence-electron chi connectivity index (χ3n) is 0. The molecule has 0 aliphatic rings. The van der Waals surface area contributed by atoms with E-state index in [1.54, 1.807) is 0 Å². The Morgan fingerprint density at radius 1 is 0.421 bits per heavy atom. The first-order valence-corrected chi connectivity index (χ1v) is 2.19. The van der Waals surface area contributed by atoms with Crippen molar-refractivity contribution in [2.75, 3.05) is 0 Å². The second-order valence-corrected chi connectivity index (χ2v) is 0.894. The Balaban J connectivity index is -0.0000000192. The Hall–Kier alpha value is -2.76. The molecule has 0 unspecified atom stereocenters. The Morgan fingerprint density at radius 2 is 0.421 bits per heavy atom. The summed E-state index contributed by atoms with van der Waals surface area (Å²) in [7, 11) is 0. The minimum atomic E-state index is -1.75.